The van der Waals surface area contributed by atoms with E-state index in [9.17, 15) is 13.2 Å². The van der Waals surface area contributed by atoms with Crippen molar-refractivity contribution < 1.29 is 13.2 Å². The number of hydrogen-bond acceptors (Lipinski definition) is 2. The van der Waals surface area contributed by atoms with E-state index in [1.807, 2.05) is 6.92 Å². The summed E-state index contributed by atoms with van der Waals surface area (Å²) in [5.41, 5.74) is 0.582. The quantitative estimate of drug-likeness (QED) is 0.868. The maximum Gasteiger partial charge on any atom is 0.416 e. The molecule has 3 nitrogen and oxygen atoms in total. The van der Waals surface area contributed by atoms with Crippen molar-refractivity contribution in [1.29, 1.82) is 0 Å². The molecule has 0 radical (unpaired) electrons. The molecule has 3 rings (SSSR count). The number of aryl methyl sites for hydroxylation is 1. The second-order valence-electron chi connectivity index (χ2n) is 5.21. The SMILES string of the molecule is Cc1nc2cc(C(F)(F)F)ccc2n1C1CCNCC1.Cl. The van der Waals surface area contributed by atoms with Crippen molar-refractivity contribution in [3.05, 3.63) is 29.6 Å². The smallest absolute Gasteiger partial charge is 0.325 e. The molecular weight excluding hydrogens is 303 g/mol. The number of nitrogens with one attached hydrogen (secondary N) is 1. The molecule has 1 aliphatic heterocycles. The predicted molar refractivity (Wildman–Crippen MR) is 77.9 cm³/mol. The Morgan fingerprint density at radius 3 is 2.52 bits per heavy atom. The summed E-state index contributed by atoms with van der Waals surface area (Å²) < 4.78 is 40.3. The van der Waals surface area contributed by atoms with Gasteiger partial charge in [0.05, 0.1) is 16.6 Å². The first-order valence-corrected chi connectivity index (χ1v) is 6.73. The lowest BCUT2D eigenvalue weighted by Gasteiger charge is -2.25. The third-order valence-electron chi connectivity index (χ3n) is 3.87. The van der Waals surface area contributed by atoms with Gasteiger partial charge >= 0.3 is 6.18 Å². The van der Waals surface area contributed by atoms with Crippen LogP contribution in [0.5, 0.6) is 0 Å². The Morgan fingerprint density at radius 2 is 1.90 bits per heavy atom. The Morgan fingerprint density at radius 1 is 1.24 bits per heavy atom. The van der Waals surface area contributed by atoms with Crippen molar-refractivity contribution in [3.63, 3.8) is 0 Å². The van der Waals surface area contributed by atoms with Crippen molar-refractivity contribution in [3.8, 4) is 0 Å². The largest absolute Gasteiger partial charge is 0.416 e. The van der Waals surface area contributed by atoms with Gasteiger partial charge in [-0.3, -0.25) is 0 Å². The van der Waals surface area contributed by atoms with Crippen molar-refractivity contribution >= 4 is 23.4 Å². The number of halogens is 4. The highest BCUT2D eigenvalue weighted by Crippen LogP contribution is 2.33. The Bertz CT molecular complexity index is 630. The van der Waals surface area contributed by atoms with Crippen LogP contribution < -0.4 is 5.32 Å². The van der Waals surface area contributed by atoms with Crippen molar-refractivity contribution in [1.82, 2.24) is 14.9 Å². The second-order valence-corrected chi connectivity index (χ2v) is 5.21. The number of aromatic nitrogens is 2. The van der Waals surface area contributed by atoms with Crippen LogP contribution in [0.4, 0.5) is 13.2 Å². The number of rotatable bonds is 1. The van der Waals surface area contributed by atoms with E-state index in [-0.39, 0.29) is 12.4 Å². The normalized spacial score (nSPS) is 17.0. The standard InChI is InChI=1S/C14H16F3N3.ClH/c1-9-19-12-8-10(14(15,16)17)2-3-13(12)20(9)11-4-6-18-7-5-11;/h2-3,8,11,18H,4-7H2,1H3;1H. The maximum absolute atomic E-state index is 12.7. The van der Waals surface area contributed by atoms with E-state index < -0.39 is 11.7 Å². The van der Waals surface area contributed by atoms with Crippen molar-refractivity contribution in [2.75, 3.05) is 13.1 Å². The lowest BCUT2D eigenvalue weighted by molar-refractivity contribution is -0.137. The molecule has 2 aromatic rings. The van der Waals surface area contributed by atoms with Gasteiger partial charge in [-0.05, 0) is 51.1 Å². The lowest BCUT2D eigenvalue weighted by Crippen LogP contribution is -2.29. The topological polar surface area (TPSA) is 29.9 Å². The molecule has 0 unspecified atom stereocenters. The van der Waals surface area contributed by atoms with Crippen LogP contribution in [0, 0.1) is 6.92 Å². The van der Waals surface area contributed by atoms with Crippen LogP contribution >= 0.6 is 12.4 Å². The molecule has 1 saturated heterocycles. The Labute approximate surface area is 127 Å². The summed E-state index contributed by atoms with van der Waals surface area (Å²) in [4.78, 5) is 4.31. The van der Waals surface area contributed by atoms with Gasteiger partial charge in [-0.1, -0.05) is 0 Å². The molecule has 0 bridgehead atoms. The average molecular weight is 320 g/mol. The van der Waals surface area contributed by atoms with Gasteiger partial charge in [0.2, 0.25) is 0 Å². The third-order valence-corrected chi connectivity index (χ3v) is 3.87. The maximum atomic E-state index is 12.7. The summed E-state index contributed by atoms with van der Waals surface area (Å²) >= 11 is 0. The number of nitrogens with zero attached hydrogens (tertiary/aromatic N) is 2. The fourth-order valence-corrected chi connectivity index (χ4v) is 2.92. The first-order chi connectivity index (χ1) is 9.47. The van der Waals surface area contributed by atoms with Crippen LogP contribution in [-0.4, -0.2) is 22.6 Å². The van der Waals surface area contributed by atoms with Gasteiger partial charge in [0, 0.05) is 6.04 Å². The molecule has 116 valence electrons. The molecule has 0 spiro atoms. The van der Waals surface area contributed by atoms with Crippen LogP contribution in [0.2, 0.25) is 0 Å². The van der Waals surface area contributed by atoms with Crippen LogP contribution in [0.15, 0.2) is 18.2 Å². The fourth-order valence-electron chi connectivity index (χ4n) is 2.92. The predicted octanol–water partition coefficient (Wildman–Crippen LogP) is 3.71. The highest BCUT2D eigenvalue weighted by molar-refractivity contribution is 5.85. The number of imidazole rings is 1. The number of hydrogen-bond donors (Lipinski definition) is 1. The monoisotopic (exact) mass is 319 g/mol. The number of fused-ring (bicyclic) bond motifs is 1. The van der Waals surface area contributed by atoms with Crippen LogP contribution in [0.3, 0.4) is 0 Å². The third kappa shape index (κ3) is 3.01. The van der Waals surface area contributed by atoms with Gasteiger partial charge in [0.15, 0.2) is 0 Å². The van der Waals surface area contributed by atoms with Crippen molar-refractivity contribution in [2.45, 2.75) is 32.0 Å². The molecule has 0 atom stereocenters. The Kier molecular flexibility index (Phi) is 4.49. The zero-order valence-corrected chi connectivity index (χ0v) is 12.4. The van der Waals surface area contributed by atoms with E-state index in [0.717, 1.165) is 49.4 Å². The molecule has 1 aromatic carbocycles. The van der Waals surface area contributed by atoms with Gasteiger partial charge in [-0.2, -0.15) is 13.2 Å². The van der Waals surface area contributed by atoms with E-state index in [4.69, 9.17) is 0 Å². The number of benzene rings is 1. The van der Waals surface area contributed by atoms with Crippen LogP contribution in [-0.2, 0) is 6.18 Å². The number of alkyl halides is 3. The van der Waals surface area contributed by atoms with E-state index in [1.165, 1.54) is 0 Å². The van der Waals surface area contributed by atoms with Crippen LogP contribution in [0.25, 0.3) is 11.0 Å². The summed E-state index contributed by atoms with van der Waals surface area (Å²) in [6, 6.07) is 4.14. The highest BCUT2D eigenvalue weighted by atomic mass is 35.5. The van der Waals surface area contributed by atoms with Gasteiger partial charge < -0.3 is 9.88 Å². The second kappa shape index (κ2) is 5.85. The minimum Gasteiger partial charge on any atom is -0.325 e. The van der Waals surface area contributed by atoms with Gasteiger partial charge in [-0.25, -0.2) is 4.98 Å². The zero-order chi connectivity index (χ0) is 14.3. The average Bonchev–Trinajstić information content (AvgIpc) is 2.73. The van der Waals surface area contributed by atoms with E-state index >= 15 is 0 Å². The summed E-state index contributed by atoms with van der Waals surface area (Å²) in [6.07, 6.45) is -2.36. The van der Waals surface area contributed by atoms with E-state index in [0.29, 0.717) is 11.6 Å². The molecule has 0 aliphatic carbocycles. The first-order valence-electron chi connectivity index (χ1n) is 6.73. The molecule has 1 N–H and O–H groups in total. The molecular formula is C14H17ClF3N3. The molecule has 1 aliphatic rings. The van der Waals surface area contributed by atoms with E-state index in [2.05, 4.69) is 14.9 Å². The summed E-state index contributed by atoms with van der Waals surface area (Å²) in [5, 5.41) is 3.29. The Hall–Kier alpha value is -1.27. The number of piperidine rings is 1. The van der Waals surface area contributed by atoms with Gasteiger partial charge in [0.25, 0.3) is 0 Å². The van der Waals surface area contributed by atoms with Gasteiger partial charge in [0.1, 0.15) is 5.82 Å². The van der Waals surface area contributed by atoms with Gasteiger partial charge in [-0.15, -0.1) is 12.4 Å². The lowest BCUT2D eigenvalue weighted by atomic mass is 10.1. The molecule has 2 heterocycles. The fraction of sp³-hybridized carbons (Fsp3) is 0.500. The Balaban J connectivity index is 0.00000161. The molecule has 1 aromatic heterocycles. The highest BCUT2D eigenvalue weighted by Gasteiger charge is 2.31. The molecule has 0 amide bonds. The minimum absolute atomic E-state index is 0. The molecule has 1 fully saturated rings. The zero-order valence-electron chi connectivity index (χ0n) is 11.6. The molecule has 7 heteroatoms. The molecule has 21 heavy (non-hydrogen) atoms. The summed E-state index contributed by atoms with van der Waals surface area (Å²) in [5.74, 6) is 0.784. The van der Waals surface area contributed by atoms with Crippen LogP contribution in [0.1, 0.15) is 30.3 Å². The molecule has 0 saturated carbocycles. The van der Waals surface area contributed by atoms with Crippen molar-refractivity contribution in [2.24, 2.45) is 0 Å². The van der Waals surface area contributed by atoms with E-state index in [1.54, 1.807) is 6.07 Å². The first kappa shape index (κ1) is 16.1. The minimum atomic E-state index is -4.32. The summed E-state index contributed by atoms with van der Waals surface area (Å²) in [7, 11) is 0. The summed E-state index contributed by atoms with van der Waals surface area (Å²) in [6.45, 7) is 3.73.